The van der Waals surface area contributed by atoms with E-state index in [9.17, 15) is 4.79 Å². The number of hydroxylamine groups is 2. The maximum absolute atomic E-state index is 11.6. The maximum atomic E-state index is 11.6. The molecule has 0 bridgehead atoms. The van der Waals surface area contributed by atoms with Gasteiger partial charge in [0.15, 0.2) is 0 Å². The molecule has 1 amide bonds. The standard InChI is InChI=1S/C10H22N2O2/c1-9(2,3)12(14-7)10(4,5)8(13)11-6/h1-7H3,(H,11,13). The molecule has 0 aliphatic carbocycles. The topological polar surface area (TPSA) is 41.6 Å². The van der Waals surface area contributed by atoms with Crippen LogP contribution in [0.5, 0.6) is 0 Å². The van der Waals surface area contributed by atoms with Gasteiger partial charge in [-0.05, 0) is 34.6 Å². The fraction of sp³-hybridized carbons (Fsp3) is 0.900. The predicted molar refractivity (Wildman–Crippen MR) is 56.7 cm³/mol. The number of nitrogens with one attached hydrogen (secondary N) is 1. The van der Waals surface area contributed by atoms with Crippen molar-refractivity contribution in [1.82, 2.24) is 10.4 Å². The molecule has 0 rings (SSSR count). The van der Waals surface area contributed by atoms with Crippen molar-refractivity contribution in [3.63, 3.8) is 0 Å². The molecular weight excluding hydrogens is 180 g/mol. The van der Waals surface area contributed by atoms with Crippen LogP contribution in [0.4, 0.5) is 0 Å². The van der Waals surface area contributed by atoms with Crippen LogP contribution < -0.4 is 5.32 Å². The van der Waals surface area contributed by atoms with E-state index in [0.717, 1.165) is 0 Å². The molecule has 84 valence electrons. The maximum Gasteiger partial charge on any atom is 0.242 e. The average Bonchev–Trinajstić information content (AvgIpc) is 2.00. The highest BCUT2D eigenvalue weighted by molar-refractivity contribution is 5.85. The first-order valence-corrected chi connectivity index (χ1v) is 4.74. The van der Waals surface area contributed by atoms with Gasteiger partial charge in [0, 0.05) is 12.6 Å². The third kappa shape index (κ3) is 2.69. The van der Waals surface area contributed by atoms with E-state index in [-0.39, 0.29) is 11.4 Å². The Morgan fingerprint density at radius 1 is 1.21 bits per heavy atom. The van der Waals surface area contributed by atoms with Gasteiger partial charge in [-0.1, -0.05) is 0 Å². The first kappa shape index (κ1) is 13.4. The van der Waals surface area contributed by atoms with Crippen molar-refractivity contribution in [3.05, 3.63) is 0 Å². The van der Waals surface area contributed by atoms with Gasteiger partial charge in [-0.15, -0.1) is 0 Å². The summed E-state index contributed by atoms with van der Waals surface area (Å²) < 4.78 is 0. The molecule has 0 spiro atoms. The van der Waals surface area contributed by atoms with Crippen LogP contribution in [0, 0.1) is 0 Å². The molecule has 1 N–H and O–H groups in total. The molecule has 0 aromatic rings. The van der Waals surface area contributed by atoms with Crippen LogP contribution in [0.2, 0.25) is 0 Å². The van der Waals surface area contributed by atoms with Crippen LogP contribution in [0.1, 0.15) is 34.6 Å². The minimum atomic E-state index is -0.679. The molecule has 0 aromatic carbocycles. The molecule has 0 aliphatic rings. The lowest BCUT2D eigenvalue weighted by Gasteiger charge is -2.43. The zero-order valence-electron chi connectivity index (χ0n) is 10.3. The summed E-state index contributed by atoms with van der Waals surface area (Å²) in [6.45, 7) is 9.67. The lowest BCUT2D eigenvalue weighted by atomic mass is 9.97. The Labute approximate surface area is 86.6 Å². The Hall–Kier alpha value is -0.610. The Bertz CT molecular complexity index is 207. The van der Waals surface area contributed by atoms with E-state index in [1.165, 1.54) is 0 Å². The average molecular weight is 202 g/mol. The van der Waals surface area contributed by atoms with Crippen LogP contribution in [0.3, 0.4) is 0 Å². The van der Waals surface area contributed by atoms with E-state index in [1.807, 2.05) is 34.6 Å². The van der Waals surface area contributed by atoms with Crippen LogP contribution in [-0.2, 0) is 9.63 Å². The van der Waals surface area contributed by atoms with E-state index in [0.29, 0.717) is 0 Å². The summed E-state index contributed by atoms with van der Waals surface area (Å²) in [5.74, 6) is -0.0609. The van der Waals surface area contributed by atoms with Crippen LogP contribution >= 0.6 is 0 Å². The van der Waals surface area contributed by atoms with Gasteiger partial charge in [-0.3, -0.25) is 4.79 Å². The summed E-state index contributed by atoms with van der Waals surface area (Å²) in [6, 6.07) is 0. The van der Waals surface area contributed by atoms with Gasteiger partial charge in [-0.2, -0.15) is 5.06 Å². The summed E-state index contributed by atoms with van der Waals surface area (Å²) >= 11 is 0. The first-order valence-electron chi connectivity index (χ1n) is 4.74. The molecule has 14 heavy (non-hydrogen) atoms. The molecule has 0 radical (unpaired) electrons. The lowest BCUT2D eigenvalue weighted by Crippen LogP contribution is -2.60. The highest BCUT2D eigenvalue weighted by atomic mass is 16.7. The fourth-order valence-corrected chi connectivity index (χ4v) is 1.74. The Morgan fingerprint density at radius 2 is 1.64 bits per heavy atom. The minimum absolute atomic E-state index is 0.0609. The Balaban J connectivity index is 4.93. The summed E-state index contributed by atoms with van der Waals surface area (Å²) in [5.41, 5.74) is -0.896. The highest BCUT2D eigenvalue weighted by Crippen LogP contribution is 2.24. The van der Waals surface area contributed by atoms with Crippen LogP contribution in [-0.4, -0.2) is 36.2 Å². The third-order valence-corrected chi connectivity index (χ3v) is 2.08. The quantitative estimate of drug-likeness (QED) is 0.699. The number of carbonyl (C=O) groups excluding carboxylic acids is 1. The molecule has 0 aromatic heterocycles. The van der Waals surface area contributed by atoms with Crippen molar-refractivity contribution < 1.29 is 9.63 Å². The van der Waals surface area contributed by atoms with Gasteiger partial charge >= 0.3 is 0 Å². The van der Waals surface area contributed by atoms with Gasteiger partial charge in [0.05, 0.1) is 7.11 Å². The third-order valence-electron chi connectivity index (χ3n) is 2.08. The SMILES string of the molecule is CNC(=O)C(C)(C)N(OC)C(C)(C)C. The van der Waals surface area contributed by atoms with Gasteiger partial charge in [0.2, 0.25) is 5.91 Å². The van der Waals surface area contributed by atoms with E-state index >= 15 is 0 Å². The molecule has 0 saturated heterocycles. The van der Waals surface area contributed by atoms with Gasteiger partial charge < -0.3 is 10.2 Å². The number of hydrogen-bond donors (Lipinski definition) is 1. The summed E-state index contributed by atoms with van der Waals surface area (Å²) in [5, 5.41) is 4.32. The number of hydrogen-bond acceptors (Lipinski definition) is 3. The molecule has 0 aliphatic heterocycles. The van der Waals surface area contributed by atoms with Gasteiger partial charge in [0.1, 0.15) is 5.54 Å². The van der Waals surface area contributed by atoms with Crippen molar-refractivity contribution >= 4 is 5.91 Å². The van der Waals surface area contributed by atoms with Crippen molar-refractivity contribution in [3.8, 4) is 0 Å². The monoisotopic (exact) mass is 202 g/mol. The van der Waals surface area contributed by atoms with Crippen LogP contribution in [0.15, 0.2) is 0 Å². The van der Waals surface area contributed by atoms with Crippen molar-refractivity contribution in [2.45, 2.75) is 45.7 Å². The fourth-order valence-electron chi connectivity index (χ4n) is 1.74. The zero-order valence-corrected chi connectivity index (χ0v) is 10.3. The van der Waals surface area contributed by atoms with Crippen LogP contribution in [0.25, 0.3) is 0 Å². The molecule has 0 unspecified atom stereocenters. The molecule has 0 heterocycles. The number of likely N-dealkylation sites (N-methyl/N-ethyl adjacent to an activating group) is 1. The van der Waals surface area contributed by atoms with E-state index in [1.54, 1.807) is 19.2 Å². The van der Waals surface area contributed by atoms with Gasteiger partial charge in [0.25, 0.3) is 0 Å². The smallest absolute Gasteiger partial charge is 0.242 e. The molecule has 0 fully saturated rings. The molecule has 0 saturated carbocycles. The van der Waals surface area contributed by atoms with E-state index in [2.05, 4.69) is 5.32 Å². The normalized spacial score (nSPS) is 13.1. The second-order valence-corrected chi connectivity index (χ2v) is 4.79. The van der Waals surface area contributed by atoms with E-state index in [4.69, 9.17) is 4.84 Å². The molecule has 4 nitrogen and oxygen atoms in total. The summed E-state index contributed by atoms with van der Waals surface area (Å²) in [4.78, 5) is 16.9. The summed E-state index contributed by atoms with van der Waals surface area (Å²) in [6.07, 6.45) is 0. The Kier molecular flexibility index (Phi) is 4.09. The van der Waals surface area contributed by atoms with E-state index < -0.39 is 5.54 Å². The second kappa shape index (κ2) is 4.28. The summed E-state index contributed by atoms with van der Waals surface area (Å²) in [7, 11) is 3.20. The zero-order chi connectivity index (χ0) is 11.6. The first-order chi connectivity index (χ1) is 6.17. The number of nitrogens with zero attached hydrogens (tertiary/aromatic N) is 1. The second-order valence-electron chi connectivity index (χ2n) is 4.79. The van der Waals surface area contributed by atoms with Crippen molar-refractivity contribution in [2.24, 2.45) is 0 Å². The lowest BCUT2D eigenvalue weighted by molar-refractivity contribution is -0.238. The molecule has 4 heteroatoms. The largest absolute Gasteiger partial charge is 0.358 e. The highest BCUT2D eigenvalue weighted by Gasteiger charge is 2.40. The number of rotatable bonds is 3. The minimum Gasteiger partial charge on any atom is -0.358 e. The predicted octanol–water partition coefficient (Wildman–Crippen LogP) is 1.17. The molecular formula is C10H22N2O2. The van der Waals surface area contributed by atoms with Gasteiger partial charge in [-0.25, -0.2) is 0 Å². The number of carbonyl (C=O) groups is 1. The van der Waals surface area contributed by atoms with Crippen molar-refractivity contribution in [2.75, 3.05) is 14.2 Å². The molecule has 0 atom stereocenters. The number of amides is 1. The Morgan fingerprint density at radius 3 is 1.86 bits per heavy atom. The van der Waals surface area contributed by atoms with Crippen molar-refractivity contribution in [1.29, 1.82) is 0 Å².